The van der Waals surface area contributed by atoms with Gasteiger partial charge in [0, 0.05) is 12.1 Å². The van der Waals surface area contributed by atoms with Gasteiger partial charge in [-0.25, -0.2) is 0 Å². The summed E-state index contributed by atoms with van der Waals surface area (Å²) in [7, 11) is 0. The van der Waals surface area contributed by atoms with Crippen LogP contribution >= 0.6 is 12.2 Å². The summed E-state index contributed by atoms with van der Waals surface area (Å²) in [6.07, 6.45) is 7.31. The van der Waals surface area contributed by atoms with Crippen molar-refractivity contribution in [3.8, 4) is 0 Å². The van der Waals surface area contributed by atoms with Gasteiger partial charge in [-0.1, -0.05) is 31.5 Å². The number of ketones is 2. The Morgan fingerprint density at radius 1 is 1.19 bits per heavy atom. The Labute approximate surface area is 100 Å². The molecule has 1 saturated carbocycles. The zero-order valence-electron chi connectivity index (χ0n) is 9.12. The maximum atomic E-state index is 11.7. The van der Waals surface area contributed by atoms with E-state index in [9.17, 15) is 9.59 Å². The third-order valence-corrected chi connectivity index (χ3v) is 3.48. The fourth-order valence-electron chi connectivity index (χ4n) is 2.21. The highest BCUT2D eigenvalue weighted by molar-refractivity contribution is 7.82. The Morgan fingerprint density at radius 3 is 2.56 bits per heavy atom. The molecule has 16 heavy (non-hydrogen) atoms. The first-order chi connectivity index (χ1) is 7.66. The predicted octanol–water partition coefficient (Wildman–Crippen LogP) is 1.70. The average Bonchev–Trinajstić information content (AvgIpc) is 2.27. The minimum Gasteiger partial charge on any atom is -0.379 e. The summed E-state index contributed by atoms with van der Waals surface area (Å²) in [4.78, 5) is 23.3. The molecule has 1 N–H and O–H groups in total. The fraction of sp³-hybridized carbons (Fsp3) is 0.583. The molecule has 0 aromatic heterocycles. The van der Waals surface area contributed by atoms with E-state index < -0.39 is 0 Å². The molecule has 2 aliphatic rings. The van der Waals surface area contributed by atoms with E-state index in [2.05, 4.69) is 5.32 Å². The number of carbonyl (C=O) groups excluding carboxylic acids is 2. The second-order valence-electron chi connectivity index (χ2n) is 4.42. The summed E-state index contributed by atoms with van der Waals surface area (Å²) < 4.78 is 0. The van der Waals surface area contributed by atoms with Gasteiger partial charge in [0.25, 0.3) is 0 Å². The molecule has 2 aliphatic carbocycles. The van der Waals surface area contributed by atoms with E-state index in [4.69, 9.17) is 12.2 Å². The number of rotatable bonds is 2. The number of carbonyl (C=O) groups is 2. The minimum atomic E-state index is -0.187. The molecule has 0 aromatic rings. The number of nitrogens with one attached hydrogen (secondary N) is 1. The van der Waals surface area contributed by atoms with Gasteiger partial charge in [0.05, 0.1) is 17.0 Å². The van der Waals surface area contributed by atoms with E-state index >= 15 is 0 Å². The van der Waals surface area contributed by atoms with Gasteiger partial charge in [0.2, 0.25) is 0 Å². The third-order valence-electron chi connectivity index (χ3n) is 3.14. The lowest BCUT2D eigenvalue weighted by molar-refractivity contribution is -0.117. The lowest BCUT2D eigenvalue weighted by Gasteiger charge is -2.25. The number of hydrogen-bond acceptors (Lipinski definition) is 4. The van der Waals surface area contributed by atoms with Crippen LogP contribution in [0.2, 0.25) is 0 Å². The predicted molar refractivity (Wildman–Crippen MR) is 65.3 cm³/mol. The molecule has 0 aliphatic heterocycles. The first-order valence-corrected chi connectivity index (χ1v) is 6.16. The van der Waals surface area contributed by atoms with Crippen molar-refractivity contribution in [2.24, 2.45) is 0 Å². The molecule has 0 spiro atoms. The highest BCUT2D eigenvalue weighted by Crippen LogP contribution is 2.19. The van der Waals surface area contributed by atoms with Gasteiger partial charge in [-0.05, 0) is 12.8 Å². The summed E-state index contributed by atoms with van der Waals surface area (Å²) in [5, 5.41) is 3.19. The molecule has 1 fully saturated rings. The van der Waals surface area contributed by atoms with Gasteiger partial charge in [-0.3, -0.25) is 9.59 Å². The fourth-order valence-corrected chi connectivity index (χ4v) is 2.40. The first-order valence-electron chi connectivity index (χ1n) is 5.75. The number of allylic oxidation sites excluding steroid dienone is 2. The van der Waals surface area contributed by atoms with Gasteiger partial charge in [-0.2, -0.15) is 0 Å². The van der Waals surface area contributed by atoms with E-state index in [1.165, 1.54) is 25.3 Å². The SMILES string of the molecule is O=C1C=C(NC2CCCCC2)C(=O)CC1=S. The molecule has 4 heteroatoms. The van der Waals surface area contributed by atoms with E-state index in [0.29, 0.717) is 11.7 Å². The second kappa shape index (κ2) is 4.87. The van der Waals surface area contributed by atoms with Crippen molar-refractivity contribution in [3.63, 3.8) is 0 Å². The van der Waals surface area contributed by atoms with Gasteiger partial charge in [0.15, 0.2) is 11.6 Å². The summed E-state index contributed by atoms with van der Waals surface area (Å²) in [5.74, 6) is -0.233. The van der Waals surface area contributed by atoms with Crippen LogP contribution in [0.1, 0.15) is 38.5 Å². The molecule has 0 bridgehead atoms. The van der Waals surface area contributed by atoms with Gasteiger partial charge >= 0.3 is 0 Å². The van der Waals surface area contributed by atoms with Crippen molar-refractivity contribution in [1.82, 2.24) is 5.32 Å². The Bertz CT molecular complexity index is 367. The standard InChI is InChI=1S/C12H15NO2S/c14-10-7-12(16)11(15)6-9(10)13-8-4-2-1-3-5-8/h6,8,13H,1-5,7H2. The molecule has 0 radical (unpaired) electrons. The van der Waals surface area contributed by atoms with Gasteiger partial charge in [0.1, 0.15) is 0 Å². The van der Waals surface area contributed by atoms with Crippen LogP contribution in [0.3, 0.4) is 0 Å². The molecule has 0 atom stereocenters. The summed E-state index contributed by atoms with van der Waals surface area (Å²) in [6.45, 7) is 0. The Morgan fingerprint density at radius 2 is 1.88 bits per heavy atom. The maximum Gasteiger partial charge on any atom is 0.195 e. The van der Waals surface area contributed by atoms with Crippen molar-refractivity contribution in [3.05, 3.63) is 11.8 Å². The van der Waals surface area contributed by atoms with Crippen molar-refractivity contribution in [2.45, 2.75) is 44.6 Å². The van der Waals surface area contributed by atoms with Crippen LogP contribution in [0.4, 0.5) is 0 Å². The highest BCUT2D eigenvalue weighted by atomic mass is 32.1. The van der Waals surface area contributed by atoms with Crippen LogP contribution in [0.5, 0.6) is 0 Å². The Balaban J connectivity index is 2.02. The molecule has 3 nitrogen and oxygen atoms in total. The number of thiocarbonyl (C=S) groups is 1. The van der Waals surface area contributed by atoms with Crippen molar-refractivity contribution < 1.29 is 9.59 Å². The van der Waals surface area contributed by atoms with Crippen LogP contribution < -0.4 is 5.32 Å². The first kappa shape index (κ1) is 11.5. The summed E-state index contributed by atoms with van der Waals surface area (Å²) >= 11 is 4.82. The average molecular weight is 237 g/mol. The van der Waals surface area contributed by atoms with Crippen molar-refractivity contribution in [2.75, 3.05) is 0 Å². The zero-order chi connectivity index (χ0) is 11.5. The van der Waals surface area contributed by atoms with Crippen molar-refractivity contribution >= 4 is 28.6 Å². The van der Waals surface area contributed by atoms with E-state index in [1.54, 1.807) is 0 Å². The molecule has 2 rings (SSSR count). The number of Topliss-reactive ketones (excluding diaryl/α,β-unsaturated/α-hetero) is 1. The van der Waals surface area contributed by atoms with Crippen LogP contribution in [-0.2, 0) is 9.59 Å². The minimum absolute atomic E-state index is 0.0461. The lowest BCUT2D eigenvalue weighted by atomic mass is 9.94. The Hall–Kier alpha value is -1.03. The monoisotopic (exact) mass is 237 g/mol. The molecule has 0 heterocycles. The normalized spacial score (nSPS) is 23.2. The Kier molecular flexibility index (Phi) is 3.49. The zero-order valence-corrected chi connectivity index (χ0v) is 9.94. The molecular weight excluding hydrogens is 222 g/mol. The molecular formula is C12H15NO2S. The van der Waals surface area contributed by atoms with E-state index in [1.807, 2.05) is 0 Å². The van der Waals surface area contributed by atoms with Crippen LogP contribution in [0, 0.1) is 0 Å². The van der Waals surface area contributed by atoms with Crippen LogP contribution in [0.15, 0.2) is 11.8 Å². The van der Waals surface area contributed by atoms with Gasteiger partial charge < -0.3 is 5.32 Å². The van der Waals surface area contributed by atoms with E-state index in [-0.39, 0.29) is 22.9 Å². The maximum absolute atomic E-state index is 11.7. The molecule has 0 unspecified atom stereocenters. The molecule has 0 saturated heterocycles. The molecule has 0 amide bonds. The van der Waals surface area contributed by atoms with E-state index in [0.717, 1.165) is 12.8 Å². The van der Waals surface area contributed by atoms with Crippen LogP contribution in [-0.4, -0.2) is 22.5 Å². The largest absolute Gasteiger partial charge is 0.379 e. The van der Waals surface area contributed by atoms with Gasteiger partial charge in [-0.15, -0.1) is 0 Å². The smallest absolute Gasteiger partial charge is 0.195 e. The number of hydrogen-bond donors (Lipinski definition) is 1. The summed E-state index contributed by atoms with van der Waals surface area (Å²) in [5.41, 5.74) is 0.463. The quantitative estimate of drug-likeness (QED) is 0.743. The summed E-state index contributed by atoms with van der Waals surface area (Å²) in [6, 6.07) is 0.350. The van der Waals surface area contributed by atoms with Crippen LogP contribution in [0.25, 0.3) is 0 Å². The molecule has 0 aromatic carbocycles. The topological polar surface area (TPSA) is 46.2 Å². The van der Waals surface area contributed by atoms with Crippen molar-refractivity contribution in [1.29, 1.82) is 0 Å². The second-order valence-corrected chi connectivity index (χ2v) is 4.92. The highest BCUT2D eigenvalue weighted by Gasteiger charge is 2.25. The lowest BCUT2D eigenvalue weighted by Crippen LogP contribution is -2.37. The molecule has 86 valence electrons. The third kappa shape index (κ3) is 2.55.